The fraction of sp³-hybridized carbons (Fsp3) is 0.486. The Kier molecular flexibility index (Phi) is 9.19. The number of carbonyl (C=O) groups excluding carboxylic acids is 2. The number of hydrogen-bond acceptors (Lipinski definition) is 11. The van der Waals surface area contributed by atoms with Gasteiger partial charge in [-0.05, 0) is 55.8 Å². The summed E-state index contributed by atoms with van der Waals surface area (Å²) in [7, 11) is 0. The smallest absolute Gasteiger partial charge is 0.230 e. The topological polar surface area (TPSA) is 137 Å². The van der Waals surface area contributed by atoms with Crippen LogP contribution in [0.25, 0.3) is 11.4 Å². The molecule has 3 saturated heterocycles. The molecule has 2 aromatic carbocycles. The van der Waals surface area contributed by atoms with E-state index in [0.717, 1.165) is 45.1 Å². The molecule has 0 spiro atoms. The fourth-order valence-corrected chi connectivity index (χ4v) is 6.97. The molecule has 1 aromatic heterocycles. The van der Waals surface area contributed by atoms with Crippen LogP contribution in [-0.2, 0) is 14.3 Å². The highest BCUT2D eigenvalue weighted by atomic mass is 19.1. The minimum Gasteiger partial charge on any atom is -0.486 e. The number of nitrogens with zero attached hydrogens (tertiary/aromatic N) is 7. The van der Waals surface area contributed by atoms with Gasteiger partial charge in [0.2, 0.25) is 11.9 Å². The van der Waals surface area contributed by atoms with Crippen LogP contribution in [0.5, 0.6) is 5.75 Å². The Morgan fingerprint density at radius 1 is 1.10 bits per heavy atom. The van der Waals surface area contributed by atoms with Crippen LogP contribution >= 0.6 is 0 Å². The second kappa shape index (κ2) is 13.8. The van der Waals surface area contributed by atoms with Crippen molar-refractivity contribution in [3.63, 3.8) is 0 Å². The highest BCUT2D eigenvalue weighted by Crippen LogP contribution is 2.32. The zero-order valence-corrected chi connectivity index (χ0v) is 26.9. The van der Waals surface area contributed by atoms with Gasteiger partial charge >= 0.3 is 0 Å². The van der Waals surface area contributed by atoms with Gasteiger partial charge in [0.15, 0.2) is 12.0 Å². The molecule has 7 rings (SSSR count). The normalized spacial score (nSPS) is 25.0. The van der Waals surface area contributed by atoms with Crippen LogP contribution in [-0.4, -0.2) is 107 Å². The third-order valence-corrected chi connectivity index (χ3v) is 9.91. The van der Waals surface area contributed by atoms with Crippen molar-refractivity contribution in [1.82, 2.24) is 24.8 Å². The number of rotatable bonds is 8. The minimum absolute atomic E-state index is 0.0821. The standard InChI is InChI=1S/C35H39FN8O4/c1-22-14-32(30(36)18-44(22)34(46)24-2-8-29(45)16-24)48-31-9-3-23(15-25(31)17-37)33-38-21-39-35(41-33)40-26-4-6-27(7-5-26)42-10-12-43(13-11-42)28-19-47-20-28/h3-7,9,15,21-22,24,28,30,32H,2,8,10-14,16,18-20H2,1H3,(H,38,39,40,41)/t22-,24-,30+,32-/m0/s1. The highest BCUT2D eigenvalue weighted by Gasteiger charge is 2.41. The van der Waals surface area contributed by atoms with Gasteiger partial charge in [-0.15, -0.1) is 0 Å². The summed E-state index contributed by atoms with van der Waals surface area (Å²) in [6, 6.07) is 15.6. The number of piperazine rings is 1. The Balaban J connectivity index is 0.969. The molecule has 4 heterocycles. The quantitative estimate of drug-likeness (QED) is 0.380. The summed E-state index contributed by atoms with van der Waals surface area (Å²) in [5.74, 6) is 0.547. The van der Waals surface area contributed by atoms with Gasteiger partial charge in [-0.25, -0.2) is 14.4 Å². The molecule has 0 radical (unpaired) electrons. The number of nitrogens with one attached hydrogen (secondary N) is 1. The van der Waals surface area contributed by atoms with Crippen molar-refractivity contribution >= 4 is 29.0 Å². The number of nitriles is 1. The van der Waals surface area contributed by atoms with Crippen molar-refractivity contribution in [3.05, 3.63) is 54.4 Å². The number of ketones is 1. The van der Waals surface area contributed by atoms with E-state index in [-0.39, 0.29) is 54.3 Å². The van der Waals surface area contributed by atoms with E-state index in [9.17, 15) is 14.9 Å². The van der Waals surface area contributed by atoms with Gasteiger partial charge < -0.3 is 24.6 Å². The number of Topliss-reactive ketones (excluding diaryl/α,β-unsaturated/α-hetero) is 1. The molecular formula is C35H39FN8O4. The molecule has 13 heteroatoms. The maximum Gasteiger partial charge on any atom is 0.230 e. The van der Waals surface area contributed by atoms with E-state index < -0.39 is 12.3 Å². The Morgan fingerprint density at radius 2 is 1.90 bits per heavy atom. The van der Waals surface area contributed by atoms with Crippen LogP contribution in [0, 0.1) is 17.2 Å². The van der Waals surface area contributed by atoms with E-state index in [1.165, 1.54) is 16.9 Å². The van der Waals surface area contributed by atoms with Crippen LogP contribution in [0.1, 0.15) is 38.2 Å². The van der Waals surface area contributed by atoms with Crippen LogP contribution in [0.4, 0.5) is 21.7 Å². The number of alkyl halides is 1. The van der Waals surface area contributed by atoms with E-state index in [2.05, 4.69) is 48.3 Å². The van der Waals surface area contributed by atoms with E-state index in [1.807, 2.05) is 19.1 Å². The number of anilines is 3. The third kappa shape index (κ3) is 6.81. The summed E-state index contributed by atoms with van der Waals surface area (Å²) < 4.78 is 26.7. The number of aromatic nitrogens is 3. The number of benzene rings is 2. The molecule has 3 aromatic rings. The lowest BCUT2D eigenvalue weighted by molar-refractivity contribution is -0.143. The molecule has 4 aliphatic rings. The molecule has 1 aliphatic carbocycles. The van der Waals surface area contributed by atoms with Gasteiger partial charge in [0.1, 0.15) is 30.0 Å². The monoisotopic (exact) mass is 654 g/mol. The first-order valence-corrected chi connectivity index (χ1v) is 16.6. The van der Waals surface area contributed by atoms with Gasteiger partial charge in [-0.3, -0.25) is 14.5 Å². The number of amides is 1. The summed E-state index contributed by atoms with van der Waals surface area (Å²) in [5.41, 5.74) is 2.82. The lowest BCUT2D eigenvalue weighted by Gasteiger charge is -2.43. The molecule has 3 aliphatic heterocycles. The zero-order chi connectivity index (χ0) is 33.2. The Labute approximate surface area is 278 Å². The molecule has 48 heavy (non-hydrogen) atoms. The van der Waals surface area contributed by atoms with Crippen LogP contribution < -0.4 is 15.0 Å². The van der Waals surface area contributed by atoms with Crippen LogP contribution in [0.3, 0.4) is 0 Å². The van der Waals surface area contributed by atoms with Gasteiger partial charge in [0.05, 0.1) is 31.4 Å². The number of halogens is 1. The van der Waals surface area contributed by atoms with Gasteiger partial charge in [0.25, 0.3) is 0 Å². The Hall–Kier alpha value is -4.67. The van der Waals surface area contributed by atoms with E-state index in [0.29, 0.717) is 36.2 Å². The number of ether oxygens (including phenoxy) is 2. The van der Waals surface area contributed by atoms with Crippen molar-refractivity contribution in [2.75, 3.05) is 56.2 Å². The lowest BCUT2D eigenvalue weighted by Crippen LogP contribution is -2.56. The van der Waals surface area contributed by atoms with Crippen molar-refractivity contribution in [2.45, 2.75) is 57.0 Å². The molecule has 0 unspecified atom stereocenters. The predicted octanol–water partition coefficient (Wildman–Crippen LogP) is 3.75. The fourth-order valence-electron chi connectivity index (χ4n) is 6.97. The molecular weight excluding hydrogens is 615 g/mol. The largest absolute Gasteiger partial charge is 0.486 e. The number of hydrogen-bond donors (Lipinski definition) is 1. The van der Waals surface area contributed by atoms with Gasteiger partial charge in [0, 0.05) is 74.3 Å². The van der Waals surface area contributed by atoms with Crippen molar-refractivity contribution in [3.8, 4) is 23.2 Å². The summed E-state index contributed by atoms with van der Waals surface area (Å²) in [4.78, 5) is 44.2. The van der Waals surface area contributed by atoms with E-state index in [4.69, 9.17) is 9.47 Å². The first-order chi connectivity index (χ1) is 23.3. The van der Waals surface area contributed by atoms with Crippen LogP contribution in [0.2, 0.25) is 0 Å². The number of piperidine rings is 1. The first kappa shape index (κ1) is 31.9. The maximum atomic E-state index is 15.3. The highest BCUT2D eigenvalue weighted by molar-refractivity contribution is 5.90. The second-order valence-electron chi connectivity index (χ2n) is 13.1. The average Bonchev–Trinajstić information content (AvgIpc) is 3.52. The third-order valence-electron chi connectivity index (χ3n) is 9.91. The Bertz CT molecular complexity index is 1690. The molecule has 250 valence electrons. The van der Waals surface area contributed by atoms with Crippen molar-refractivity contribution in [1.29, 1.82) is 5.26 Å². The number of carbonyl (C=O) groups is 2. The molecule has 4 atom stereocenters. The number of likely N-dealkylation sites (tertiary alicyclic amines) is 1. The SMILES string of the molecule is C[C@H]1C[C@H](Oc2ccc(-c3ncnc(Nc4ccc(N5CCN(C6COC6)CC5)cc4)n3)cc2C#N)[C@H](F)CN1C(=O)[C@H]1CCC(=O)C1. The molecule has 4 fully saturated rings. The molecule has 1 N–H and O–H groups in total. The summed E-state index contributed by atoms with van der Waals surface area (Å²) in [6.45, 7) is 7.47. The van der Waals surface area contributed by atoms with Crippen molar-refractivity contribution in [2.24, 2.45) is 5.92 Å². The molecule has 1 saturated carbocycles. The maximum absolute atomic E-state index is 15.3. The molecule has 1 amide bonds. The Morgan fingerprint density at radius 3 is 2.58 bits per heavy atom. The molecule has 12 nitrogen and oxygen atoms in total. The summed E-state index contributed by atoms with van der Waals surface area (Å²) in [6.07, 6.45) is 0.595. The van der Waals surface area contributed by atoms with Gasteiger partial charge in [-0.2, -0.15) is 10.2 Å². The van der Waals surface area contributed by atoms with Gasteiger partial charge in [-0.1, -0.05) is 0 Å². The second-order valence-corrected chi connectivity index (χ2v) is 13.1. The average molecular weight is 655 g/mol. The lowest BCUT2D eigenvalue weighted by atomic mass is 9.96. The van der Waals surface area contributed by atoms with E-state index >= 15 is 4.39 Å². The predicted molar refractivity (Wildman–Crippen MR) is 176 cm³/mol. The van der Waals surface area contributed by atoms with E-state index in [1.54, 1.807) is 18.2 Å². The summed E-state index contributed by atoms with van der Waals surface area (Å²) >= 11 is 0. The summed E-state index contributed by atoms with van der Waals surface area (Å²) in [5, 5.41) is 13.2. The first-order valence-electron chi connectivity index (χ1n) is 16.6. The minimum atomic E-state index is -1.43. The van der Waals surface area contributed by atoms with Crippen molar-refractivity contribution < 1.29 is 23.5 Å². The molecule has 0 bridgehead atoms. The zero-order valence-electron chi connectivity index (χ0n) is 26.9. The van der Waals surface area contributed by atoms with Crippen LogP contribution in [0.15, 0.2) is 48.8 Å².